The molecule has 0 radical (unpaired) electrons. The fourth-order valence-electron chi connectivity index (χ4n) is 1.64. The van der Waals surface area contributed by atoms with Crippen molar-refractivity contribution in [3.05, 3.63) is 11.3 Å². The molecule has 5 nitrogen and oxygen atoms in total. The van der Waals surface area contributed by atoms with Gasteiger partial charge in [-0.05, 0) is 13.3 Å². The van der Waals surface area contributed by atoms with E-state index in [2.05, 4.69) is 10.4 Å². The number of anilines is 1. The number of aryl methyl sites for hydroxylation is 2. The molecule has 0 saturated heterocycles. The Morgan fingerprint density at radius 2 is 2.29 bits per heavy atom. The molecule has 0 aromatic carbocycles. The summed E-state index contributed by atoms with van der Waals surface area (Å²) < 4.78 is 12.7. The minimum atomic E-state index is -0.751. The van der Waals surface area contributed by atoms with Gasteiger partial charge in [0.2, 0.25) is 0 Å². The molecule has 0 aliphatic rings. The van der Waals surface area contributed by atoms with Crippen LogP contribution in [0.5, 0.6) is 0 Å². The number of nitrogens with one attached hydrogen (secondary N) is 1. The number of hydrogen-bond donors (Lipinski definition) is 2. The predicted molar refractivity (Wildman–Crippen MR) is 75.9 cm³/mol. The minimum absolute atomic E-state index is 0.345. The van der Waals surface area contributed by atoms with Crippen LogP contribution in [0.25, 0.3) is 0 Å². The SMILES string of the molecule is Cc1nn(C)c(NCCCS(C)=O)c1C(N)=S. The normalized spacial score (nSPS) is 12.4. The standard InChI is InChI=1S/C10H18N4OS2/c1-7-8(9(11)16)10(14(2)13-7)12-5-4-6-17(3)15/h12H,4-6H2,1-3H3,(H2,11,16). The van der Waals surface area contributed by atoms with E-state index in [0.29, 0.717) is 10.7 Å². The first kappa shape index (κ1) is 14.1. The van der Waals surface area contributed by atoms with E-state index in [0.717, 1.165) is 30.0 Å². The van der Waals surface area contributed by atoms with Crippen molar-refractivity contribution in [2.24, 2.45) is 12.8 Å². The lowest BCUT2D eigenvalue weighted by Gasteiger charge is -2.08. The van der Waals surface area contributed by atoms with Crippen molar-refractivity contribution in [2.45, 2.75) is 13.3 Å². The van der Waals surface area contributed by atoms with Crippen LogP contribution in [0.4, 0.5) is 5.82 Å². The molecule has 96 valence electrons. The average Bonchev–Trinajstić information content (AvgIpc) is 2.48. The molecule has 1 unspecified atom stereocenters. The molecule has 1 aromatic rings. The van der Waals surface area contributed by atoms with Crippen LogP contribution in [0, 0.1) is 6.92 Å². The molecular formula is C10H18N4OS2. The number of hydrogen-bond acceptors (Lipinski definition) is 4. The van der Waals surface area contributed by atoms with Crippen molar-refractivity contribution in [1.29, 1.82) is 0 Å². The van der Waals surface area contributed by atoms with Crippen LogP contribution in [0.2, 0.25) is 0 Å². The number of nitrogens with two attached hydrogens (primary N) is 1. The summed E-state index contributed by atoms with van der Waals surface area (Å²) in [6.45, 7) is 2.61. The third kappa shape index (κ3) is 3.78. The lowest BCUT2D eigenvalue weighted by molar-refractivity contribution is 0.684. The van der Waals surface area contributed by atoms with E-state index < -0.39 is 10.8 Å². The Bertz CT molecular complexity index is 442. The molecule has 17 heavy (non-hydrogen) atoms. The van der Waals surface area contributed by atoms with Gasteiger partial charge in [-0.1, -0.05) is 12.2 Å². The van der Waals surface area contributed by atoms with Crippen molar-refractivity contribution in [3.63, 3.8) is 0 Å². The summed E-state index contributed by atoms with van der Waals surface area (Å²) in [5.41, 5.74) is 7.28. The summed E-state index contributed by atoms with van der Waals surface area (Å²) in [4.78, 5) is 0.345. The Kier molecular flexibility index (Phi) is 5.07. The van der Waals surface area contributed by atoms with Gasteiger partial charge < -0.3 is 11.1 Å². The third-order valence-corrected chi connectivity index (χ3v) is 3.44. The van der Waals surface area contributed by atoms with Crippen LogP contribution in [-0.2, 0) is 17.8 Å². The molecule has 0 aliphatic carbocycles. The van der Waals surface area contributed by atoms with Crippen molar-refractivity contribution in [2.75, 3.05) is 23.9 Å². The zero-order chi connectivity index (χ0) is 13.0. The molecule has 3 N–H and O–H groups in total. The van der Waals surface area contributed by atoms with Gasteiger partial charge in [0.25, 0.3) is 0 Å². The quantitative estimate of drug-likeness (QED) is 0.585. The lowest BCUT2D eigenvalue weighted by Crippen LogP contribution is -2.15. The largest absolute Gasteiger partial charge is 0.389 e. The van der Waals surface area contributed by atoms with Crippen molar-refractivity contribution in [3.8, 4) is 0 Å². The van der Waals surface area contributed by atoms with Crippen LogP contribution in [0.1, 0.15) is 17.7 Å². The van der Waals surface area contributed by atoms with E-state index in [1.165, 1.54) is 0 Å². The zero-order valence-corrected chi connectivity index (χ0v) is 12.0. The monoisotopic (exact) mass is 274 g/mol. The maximum Gasteiger partial charge on any atom is 0.134 e. The van der Waals surface area contributed by atoms with Crippen LogP contribution in [0.15, 0.2) is 0 Å². The molecule has 1 aromatic heterocycles. The van der Waals surface area contributed by atoms with E-state index in [9.17, 15) is 4.21 Å². The molecule has 0 spiro atoms. The van der Waals surface area contributed by atoms with Gasteiger partial charge in [0.1, 0.15) is 10.8 Å². The maximum absolute atomic E-state index is 10.9. The number of aromatic nitrogens is 2. The van der Waals surface area contributed by atoms with Gasteiger partial charge in [0.05, 0.1) is 11.3 Å². The summed E-state index contributed by atoms with van der Waals surface area (Å²) in [6.07, 6.45) is 2.54. The van der Waals surface area contributed by atoms with E-state index in [-0.39, 0.29) is 0 Å². The first-order chi connectivity index (χ1) is 7.93. The second-order valence-electron chi connectivity index (χ2n) is 3.85. The minimum Gasteiger partial charge on any atom is -0.389 e. The highest BCUT2D eigenvalue weighted by Gasteiger charge is 2.14. The number of thiocarbonyl (C=S) groups is 1. The predicted octanol–water partition coefficient (Wildman–Crippen LogP) is 0.543. The molecule has 0 amide bonds. The lowest BCUT2D eigenvalue weighted by atomic mass is 10.2. The van der Waals surface area contributed by atoms with Gasteiger partial charge in [0.15, 0.2) is 0 Å². The first-order valence-electron chi connectivity index (χ1n) is 5.30. The summed E-state index contributed by atoms with van der Waals surface area (Å²) in [5.74, 6) is 1.52. The smallest absolute Gasteiger partial charge is 0.134 e. The Hall–Kier alpha value is -0.950. The molecule has 7 heteroatoms. The van der Waals surface area contributed by atoms with Crippen LogP contribution >= 0.6 is 12.2 Å². The Morgan fingerprint density at radius 1 is 1.65 bits per heavy atom. The van der Waals surface area contributed by atoms with Gasteiger partial charge in [-0.2, -0.15) is 5.10 Å². The van der Waals surface area contributed by atoms with Crippen LogP contribution < -0.4 is 11.1 Å². The van der Waals surface area contributed by atoms with Gasteiger partial charge >= 0.3 is 0 Å². The second kappa shape index (κ2) is 6.11. The summed E-state index contributed by atoms with van der Waals surface area (Å²) in [5, 5.41) is 7.51. The summed E-state index contributed by atoms with van der Waals surface area (Å²) in [7, 11) is 1.09. The average molecular weight is 274 g/mol. The Morgan fingerprint density at radius 3 is 2.82 bits per heavy atom. The van der Waals surface area contributed by atoms with E-state index in [4.69, 9.17) is 18.0 Å². The second-order valence-corrected chi connectivity index (χ2v) is 5.85. The van der Waals surface area contributed by atoms with Crippen molar-refractivity contribution >= 4 is 33.8 Å². The van der Waals surface area contributed by atoms with Crippen molar-refractivity contribution in [1.82, 2.24) is 9.78 Å². The fraction of sp³-hybridized carbons (Fsp3) is 0.600. The molecule has 1 rings (SSSR count). The molecule has 0 aliphatic heterocycles. The molecular weight excluding hydrogens is 256 g/mol. The maximum atomic E-state index is 10.9. The van der Waals surface area contributed by atoms with E-state index in [1.807, 2.05) is 14.0 Å². The third-order valence-electron chi connectivity index (χ3n) is 2.37. The molecule has 0 fully saturated rings. The van der Waals surface area contributed by atoms with Crippen LogP contribution in [-0.4, -0.2) is 37.5 Å². The van der Waals surface area contributed by atoms with Gasteiger partial charge in [0, 0.05) is 36.4 Å². The van der Waals surface area contributed by atoms with E-state index in [1.54, 1.807) is 10.9 Å². The zero-order valence-electron chi connectivity index (χ0n) is 10.3. The summed E-state index contributed by atoms with van der Waals surface area (Å²) >= 11 is 5.01. The Labute approximate surface area is 109 Å². The first-order valence-corrected chi connectivity index (χ1v) is 7.44. The number of nitrogens with zero attached hydrogens (tertiary/aromatic N) is 2. The van der Waals surface area contributed by atoms with Crippen LogP contribution in [0.3, 0.4) is 0 Å². The number of rotatable bonds is 6. The fourth-order valence-corrected chi connectivity index (χ4v) is 2.43. The molecule has 0 bridgehead atoms. The van der Waals surface area contributed by atoms with Crippen molar-refractivity contribution < 1.29 is 4.21 Å². The van der Waals surface area contributed by atoms with E-state index >= 15 is 0 Å². The summed E-state index contributed by atoms with van der Waals surface area (Å²) in [6, 6.07) is 0. The molecule has 1 atom stereocenters. The van der Waals surface area contributed by atoms with Gasteiger partial charge in [-0.25, -0.2) is 0 Å². The molecule has 1 heterocycles. The highest BCUT2D eigenvalue weighted by Crippen LogP contribution is 2.18. The highest BCUT2D eigenvalue weighted by atomic mass is 32.2. The Balaban J connectivity index is 2.70. The topological polar surface area (TPSA) is 72.9 Å². The molecule has 0 saturated carbocycles. The van der Waals surface area contributed by atoms with Gasteiger partial charge in [-0.15, -0.1) is 0 Å². The van der Waals surface area contributed by atoms with Gasteiger partial charge in [-0.3, -0.25) is 8.89 Å². The highest BCUT2D eigenvalue weighted by molar-refractivity contribution is 7.84.